The minimum Gasteiger partial charge on any atom is -0.277 e. The summed E-state index contributed by atoms with van der Waals surface area (Å²) in [5.41, 5.74) is -0.257. The van der Waals surface area contributed by atoms with E-state index in [4.69, 9.17) is 11.6 Å². The van der Waals surface area contributed by atoms with E-state index in [0.717, 1.165) is 10.5 Å². The third-order valence-electron chi connectivity index (χ3n) is 3.97. The van der Waals surface area contributed by atoms with E-state index in [0.29, 0.717) is 17.9 Å². The van der Waals surface area contributed by atoms with Gasteiger partial charge in [-0.2, -0.15) is 0 Å². The highest BCUT2D eigenvalue weighted by Crippen LogP contribution is 2.50. The summed E-state index contributed by atoms with van der Waals surface area (Å²) in [7, 11) is 0. The van der Waals surface area contributed by atoms with Gasteiger partial charge in [0.05, 0.1) is 6.04 Å². The summed E-state index contributed by atoms with van der Waals surface area (Å²) in [5, 5.41) is 2.81. The molecule has 1 aliphatic heterocycles. The molecular formula is C14H13ClN2O3. The molecule has 2 fully saturated rings. The van der Waals surface area contributed by atoms with Gasteiger partial charge in [-0.05, 0) is 37.5 Å². The maximum Gasteiger partial charge on any atom is 0.331 e. The Balaban J connectivity index is 1.94. The van der Waals surface area contributed by atoms with Crippen molar-refractivity contribution in [2.24, 2.45) is 5.41 Å². The standard InChI is InChI=1S/C14H13ClN2O3/c1-8(9-3-2-4-10(15)7-9)17-12(19)14(5-6-14)11(18)16-13(17)20/h2-4,7-8H,5-6H2,1H3,(H,16,18,20). The van der Waals surface area contributed by atoms with E-state index in [-0.39, 0.29) is 0 Å². The Labute approximate surface area is 120 Å². The first kappa shape index (κ1) is 13.1. The van der Waals surface area contributed by atoms with Crippen molar-refractivity contribution in [1.82, 2.24) is 10.2 Å². The molecule has 1 aromatic rings. The molecule has 1 N–H and O–H groups in total. The number of nitrogens with one attached hydrogen (secondary N) is 1. The molecule has 5 nitrogen and oxygen atoms in total. The van der Waals surface area contributed by atoms with E-state index in [1.807, 2.05) is 0 Å². The summed E-state index contributed by atoms with van der Waals surface area (Å²) in [5.74, 6) is -0.874. The van der Waals surface area contributed by atoms with Gasteiger partial charge in [0.1, 0.15) is 5.41 Å². The van der Waals surface area contributed by atoms with E-state index in [9.17, 15) is 14.4 Å². The zero-order valence-corrected chi connectivity index (χ0v) is 11.6. The van der Waals surface area contributed by atoms with E-state index < -0.39 is 29.3 Å². The molecule has 1 unspecified atom stereocenters. The summed E-state index contributed by atoms with van der Waals surface area (Å²) >= 11 is 5.93. The van der Waals surface area contributed by atoms with Crippen LogP contribution in [0.2, 0.25) is 5.02 Å². The highest BCUT2D eigenvalue weighted by molar-refractivity contribution is 6.30. The van der Waals surface area contributed by atoms with Gasteiger partial charge in [-0.15, -0.1) is 0 Å². The fraction of sp³-hybridized carbons (Fsp3) is 0.357. The van der Waals surface area contributed by atoms with Crippen molar-refractivity contribution in [1.29, 1.82) is 0 Å². The lowest BCUT2D eigenvalue weighted by Gasteiger charge is -2.34. The van der Waals surface area contributed by atoms with Crippen LogP contribution in [0.5, 0.6) is 0 Å². The molecule has 1 saturated carbocycles. The monoisotopic (exact) mass is 292 g/mol. The van der Waals surface area contributed by atoms with Gasteiger partial charge < -0.3 is 0 Å². The van der Waals surface area contributed by atoms with Crippen molar-refractivity contribution in [3.8, 4) is 0 Å². The second kappa shape index (κ2) is 4.31. The predicted octanol–water partition coefficient (Wildman–Crippen LogP) is 2.26. The summed E-state index contributed by atoms with van der Waals surface area (Å²) in [6, 6.07) is 5.87. The molecule has 4 amide bonds. The number of urea groups is 1. The Morgan fingerprint density at radius 3 is 2.60 bits per heavy atom. The molecule has 1 heterocycles. The van der Waals surface area contributed by atoms with Crippen molar-refractivity contribution in [3.63, 3.8) is 0 Å². The smallest absolute Gasteiger partial charge is 0.277 e. The Morgan fingerprint density at radius 2 is 2.00 bits per heavy atom. The zero-order chi connectivity index (χ0) is 14.5. The van der Waals surface area contributed by atoms with Crippen LogP contribution in [0.3, 0.4) is 0 Å². The Hall–Kier alpha value is -1.88. The maximum atomic E-state index is 12.4. The highest BCUT2D eigenvalue weighted by atomic mass is 35.5. The van der Waals surface area contributed by atoms with Crippen molar-refractivity contribution < 1.29 is 14.4 Å². The first-order chi connectivity index (χ1) is 9.45. The molecule has 20 heavy (non-hydrogen) atoms. The molecule has 0 bridgehead atoms. The van der Waals surface area contributed by atoms with Gasteiger partial charge in [-0.1, -0.05) is 23.7 Å². The molecule has 1 saturated heterocycles. The average Bonchev–Trinajstić information content (AvgIpc) is 3.18. The van der Waals surface area contributed by atoms with Gasteiger partial charge in [0, 0.05) is 5.02 Å². The van der Waals surface area contributed by atoms with Crippen molar-refractivity contribution in [3.05, 3.63) is 34.9 Å². The lowest BCUT2D eigenvalue weighted by atomic mass is 9.98. The van der Waals surface area contributed by atoms with Crippen LogP contribution < -0.4 is 5.32 Å². The third kappa shape index (κ3) is 1.81. The molecule has 6 heteroatoms. The number of rotatable bonds is 2. The second-order valence-electron chi connectivity index (χ2n) is 5.25. The van der Waals surface area contributed by atoms with E-state index in [2.05, 4.69) is 5.32 Å². The lowest BCUT2D eigenvalue weighted by Crippen LogP contribution is -2.59. The third-order valence-corrected chi connectivity index (χ3v) is 4.21. The van der Waals surface area contributed by atoms with Crippen molar-refractivity contribution >= 4 is 29.4 Å². The number of carbonyl (C=O) groups is 3. The fourth-order valence-corrected chi connectivity index (χ4v) is 2.73. The van der Waals surface area contributed by atoms with Crippen LogP contribution in [0.15, 0.2) is 24.3 Å². The SMILES string of the molecule is CC(c1cccc(Cl)c1)N1C(=O)NC(=O)C2(CC2)C1=O. The molecule has 1 aliphatic carbocycles. The number of benzene rings is 1. The molecule has 1 atom stereocenters. The van der Waals surface area contributed by atoms with Crippen molar-refractivity contribution in [2.75, 3.05) is 0 Å². The quantitative estimate of drug-likeness (QED) is 0.850. The summed E-state index contributed by atoms with van der Waals surface area (Å²) in [4.78, 5) is 37.3. The summed E-state index contributed by atoms with van der Waals surface area (Å²) < 4.78 is 0. The zero-order valence-electron chi connectivity index (χ0n) is 10.9. The largest absolute Gasteiger partial charge is 0.331 e. The Morgan fingerprint density at radius 1 is 1.30 bits per heavy atom. The number of nitrogens with zero attached hydrogens (tertiary/aromatic N) is 1. The van der Waals surface area contributed by atoms with Gasteiger partial charge in [0.15, 0.2) is 0 Å². The van der Waals surface area contributed by atoms with Gasteiger partial charge in [-0.3, -0.25) is 19.8 Å². The Kier molecular flexibility index (Phi) is 2.83. The first-order valence-electron chi connectivity index (χ1n) is 6.40. The molecule has 2 aliphatic rings. The molecule has 0 radical (unpaired) electrons. The van der Waals surface area contributed by atoms with E-state index in [1.165, 1.54) is 0 Å². The number of hydrogen-bond donors (Lipinski definition) is 1. The predicted molar refractivity (Wildman–Crippen MR) is 71.9 cm³/mol. The molecule has 0 aromatic heterocycles. The number of amides is 4. The van der Waals surface area contributed by atoms with Gasteiger partial charge in [0.25, 0.3) is 0 Å². The second-order valence-corrected chi connectivity index (χ2v) is 5.68. The van der Waals surface area contributed by atoms with Gasteiger partial charge >= 0.3 is 6.03 Å². The highest BCUT2D eigenvalue weighted by Gasteiger charge is 2.62. The molecule has 1 aromatic carbocycles. The molecule has 3 rings (SSSR count). The first-order valence-corrected chi connectivity index (χ1v) is 6.78. The summed E-state index contributed by atoms with van der Waals surface area (Å²) in [6.07, 6.45) is 1.01. The number of imide groups is 2. The van der Waals surface area contributed by atoms with Crippen molar-refractivity contribution in [2.45, 2.75) is 25.8 Å². The van der Waals surface area contributed by atoms with E-state index >= 15 is 0 Å². The van der Waals surface area contributed by atoms with Crippen LogP contribution >= 0.6 is 11.6 Å². The lowest BCUT2D eigenvalue weighted by molar-refractivity contribution is -0.146. The number of hydrogen-bond acceptors (Lipinski definition) is 3. The molecule has 1 spiro atoms. The maximum absolute atomic E-state index is 12.4. The number of carbonyl (C=O) groups excluding carboxylic acids is 3. The summed E-state index contributed by atoms with van der Waals surface area (Å²) in [6.45, 7) is 1.75. The van der Waals surface area contributed by atoms with Crippen LogP contribution in [-0.2, 0) is 9.59 Å². The fourth-order valence-electron chi connectivity index (χ4n) is 2.53. The van der Waals surface area contributed by atoms with Crippen LogP contribution in [0.25, 0.3) is 0 Å². The minimum absolute atomic E-state index is 0.404. The molecular weight excluding hydrogens is 280 g/mol. The number of barbiturate groups is 1. The van der Waals surface area contributed by atoms with Crippen LogP contribution in [0.4, 0.5) is 4.79 Å². The van der Waals surface area contributed by atoms with Crippen LogP contribution in [0.1, 0.15) is 31.4 Å². The van der Waals surface area contributed by atoms with Crippen LogP contribution in [-0.4, -0.2) is 22.7 Å². The molecule has 104 valence electrons. The van der Waals surface area contributed by atoms with Gasteiger partial charge in [0.2, 0.25) is 11.8 Å². The topological polar surface area (TPSA) is 66.5 Å². The van der Waals surface area contributed by atoms with E-state index in [1.54, 1.807) is 31.2 Å². The number of halogens is 1. The Bertz CT molecular complexity index is 625. The minimum atomic E-state index is -1.01. The van der Waals surface area contributed by atoms with Crippen LogP contribution in [0, 0.1) is 5.41 Å². The van der Waals surface area contributed by atoms with Gasteiger partial charge in [-0.25, -0.2) is 4.79 Å². The normalized spacial score (nSPS) is 21.9. The average molecular weight is 293 g/mol.